The second-order valence-corrected chi connectivity index (χ2v) is 5.40. The monoisotopic (exact) mass is 257 g/mol. The van der Waals surface area contributed by atoms with Crippen molar-refractivity contribution in [3.05, 3.63) is 53.3 Å². The van der Waals surface area contributed by atoms with Crippen LogP contribution in [-0.4, -0.2) is 16.8 Å². The van der Waals surface area contributed by atoms with Crippen LogP contribution in [0.1, 0.15) is 42.5 Å². The van der Waals surface area contributed by atoms with Crippen LogP contribution < -0.4 is 5.32 Å². The SMILES string of the molecule is CNC(Cn1cc(C)cn1)c1ccc(C(C)C)cc1. The summed E-state index contributed by atoms with van der Waals surface area (Å²) in [6.07, 6.45) is 3.97. The lowest BCUT2D eigenvalue weighted by atomic mass is 9.99. The zero-order valence-corrected chi connectivity index (χ0v) is 12.2. The van der Waals surface area contributed by atoms with Gasteiger partial charge in [-0.1, -0.05) is 38.1 Å². The molecule has 1 unspecified atom stereocenters. The molecule has 1 atom stereocenters. The predicted octanol–water partition coefficient (Wildman–Crippen LogP) is 3.28. The topological polar surface area (TPSA) is 29.9 Å². The molecule has 0 bridgehead atoms. The second-order valence-electron chi connectivity index (χ2n) is 5.40. The van der Waals surface area contributed by atoms with Gasteiger partial charge in [-0.2, -0.15) is 5.10 Å². The molecule has 0 spiro atoms. The fourth-order valence-electron chi connectivity index (χ4n) is 2.23. The molecule has 102 valence electrons. The van der Waals surface area contributed by atoms with Crippen molar-refractivity contribution in [2.24, 2.45) is 0 Å². The van der Waals surface area contributed by atoms with Crippen LogP contribution in [0.2, 0.25) is 0 Å². The molecule has 0 aliphatic carbocycles. The van der Waals surface area contributed by atoms with Gasteiger partial charge in [-0.25, -0.2) is 0 Å². The van der Waals surface area contributed by atoms with Gasteiger partial charge in [0.2, 0.25) is 0 Å². The fraction of sp³-hybridized carbons (Fsp3) is 0.438. The third kappa shape index (κ3) is 3.44. The first-order chi connectivity index (χ1) is 9.10. The van der Waals surface area contributed by atoms with Crippen LogP contribution >= 0.6 is 0 Å². The number of aromatic nitrogens is 2. The van der Waals surface area contributed by atoms with Crippen LogP contribution in [-0.2, 0) is 6.54 Å². The first kappa shape index (κ1) is 13.8. The molecule has 0 saturated heterocycles. The molecule has 1 aromatic carbocycles. The molecule has 0 fully saturated rings. The summed E-state index contributed by atoms with van der Waals surface area (Å²) < 4.78 is 1.99. The molecular weight excluding hydrogens is 234 g/mol. The van der Waals surface area contributed by atoms with Gasteiger partial charge in [0.1, 0.15) is 0 Å². The number of hydrogen-bond acceptors (Lipinski definition) is 2. The first-order valence-corrected chi connectivity index (χ1v) is 6.86. The van der Waals surface area contributed by atoms with Crippen LogP contribution in [0.4, 0.5) is 0 Å². The van der Waals surface area contributed by atoms with Gasteiger partial charge in [0, 0.05) is 6.20 Å². The molecule has 0 amide bonds. The zero-order valence-electron chi connectivity index (χ0n) is 12.2. The average Bonchev–Trinajstić information content (AvgIpc) is 2.81. The highest BCUT2D eigenvalue weighted by Gasteiger charge is 2.11. The van der Waals surface area contributed by atoms with E-state index in [9.17, 15) is 0 Å². The molecule has 1 heterocycles. The van der Waals surface area contributed by atoms with Gasteiger partial charge in [0.05, 0.1) is 18.8 Å². The third-order valence-electron chi connectivity index (χ3n) is 3.49. The van der Waals surface area contributed by atoms with Crippen LogP contribution in [0.3, 0.4) is 0 Å². The van der Waals surface area contributed by atoms with Crippen LogP contribution in [0.5, 0.6) is 0 Å². The maximum Gasteiger partial charge on any atom is 0.0604 e. The Morgan fingerprint density at radius 3 is 2.26 bits per heavy atom. The van der Waals surface area contributed by atoms with Gasteiger partial charge in [-0.05, 0) is 36.6 Å². The minimum Gasteiger partial charge on any atom is -0.311 e. The van der Waals surface area contributed by atoms with E-state index in [2.05, 4.69) is 61.6 Å². The van der Waals surface area contributed by atoms with Crippen molar-refractivity contribution in [1.82, 2.24) is 15.1 Å². The Hall–Kier alpha value is -1.61. The van der Waals surface area contributed by atoms with Gasteiger partial charge in [0.15, 0.2) is 0 Å². The number of rotatable bonds is 5. The normalized spacial score (nSPS) is 12.9. The number of benzene rings is 1. The minimum absolute atomic E-state index is 0.292. The maximum absolute atomic E-state index is 4.35. The Morgan fingerprint density at radius 1 is 1.16 bits per heavy atom. The van der Waals surface area contributed by atoms with Crippen LogP contribution in [0.25, 0.3) is 0 Å². The molecule has 3 heteroatoms. The first-order valence-electron chi connectivity index (χ1n) is 6.86. The van der Waals surface area contributed by atoms with E-state index in [1.165, 1.54) is 16.7 Å². The van der Waals surface area contributed by atoms with E-state index in [1.807, 2.05) is 17.9 Å². The van der Waals surface area contributed by atoms with Gasteiger partial charge in [-0.3, -0.25) is 4.68 Å². The second kappa shape index (κ2) is 6.02. The quantitative estimate of drug-likeness (QED) is 0.891. The highest BCUT2D eigenvalue weighted by Crippen LogP contribution is 2.19. The van der Waals surface area contributed by atoms with Crippen molar-refractivity contribution in [2.45, 2.75) is 39.3 Å². The summed E-state index contributed by atoms with van der Waals surface area (Å²) in [5, 5.41) is 7.72. The van der Waals surface area contributed by atoms with E-state index >= 15 is 0 Å². The minimum atomic E-state index is 0.292. The van der Waals surface area contributed by atoms with Crippen molar-refractivity contribution >= 4 is 0 Å². The van der Waals surface area contributed by atoms with E-state index in [4.69, 9.17) is 0 Å². The fourth-order valence-corrected chi connectivity index (χ4v) is 2.23. The summed E-state index contributed by atoms with van der Waals surface area (Å²) >= 11 is 0. The molecular formula is C16H23N3. The Labute approximate surface area is 115 Å². The van der Waals surface area contributed by atoms with Gasteiger partial charge >= 0.3 is 0 Å². The summed E-state index contributed by atoms with van der Waals surface area (Å²) in [5.41, 5.74) is 3.89. The number of aryl methyl sites for hydroxylation is 1. The van der Waals surface area contributed by atoms with Crippen LogP contribution in [0, 0.1) is 6.92 Å². The van der Waals surface area contributed by atoms with E-state index < -0.39 is 0 Å². The molecule has 2 aromatic rings. The molecule has 2 rings (SSSR count). The Bertz CT molecular complexity index is 511. The molecule has 0 aliphatic rings. The summed E-state index contributed by atoms with van der Waals surface area (Å²) in [6, 6.07) is 9.16. The van der Waals surface area contributed by atoms with Gasteiger partial charge in [0.25, 0.3) is 0 Å². The zero-order chi connectivity index (χ0) is 13.8. The standard InChI is InChI=1S/C16H23N3/c1-12(2)14-5-7-15(8-6-14)16(17-4)11-19-10-13(3)9-18-19/h5-10,12,16-17H,11H2,1-4H3. The number of hydrogen-bond donors (Lipinski definition) is 1. The summed E-state index contributed by atoms with van der Waals surface area (Å²) in [5.74, 6) is 0.579. The molecule has 19 heavy (non-hydrogen) atoms. The number of nitrogens with zero attached hydrogens (tertiary/aromatic N) is 2. The lowest BCUT2D eigenvalue weighted by Crippen LogP contribution is -2.22. The van der Waals surface area contributed by atoms with Crippen molar-refractivity contribution in [3.63, 3.8) is 0 Å². The third-order valence-corrected chi connectivity index (χ3v) is 3.49. The average molecular weight is 257 g/mol. The van der Waals surface area contributed by atoms with E-state index in [0.717, 1.165) is 6.54 Å². The predicted molar refractivity (Wildman–Crippen MR) is 79.3 cm³/mol. The lowest BCUT2D eigenvalue weighted by molar-refractivity contribution is 0.468. The van der Waals surface area contributed by atoms with Gasteiger partial charge < -0.3 is 5.32 Å². The number of likely N-dealkylation sites (N-methyl/N-ethyl adjacent to an activating group) is 1. The largest absolute Gasteiger partial charge is 0.311 e. The Kier molecular flexibility index (Phi) is 4.38. The van der Waals surface area contributed by atoms with E-state index in [1.54, 1.807) is 0 Å². The highest BCUT2D eigenvalue weighted by atomic mass is 15.3. The highest BCUT2D eigenvalue weighted by molar-refractivity contribution is 5.26. The smallest absolute Gasteiger partial charge is 0.0604 e. The summed E-state index contributed by atoms with van der Waals surface area (Å²) in [6.45, 7) is 7.36. The van der Waals surface area contributed by atoms with Crippen molar-refractivity contribution < 1.29 is 0 Å². The van der Waals surface area contributed by atoms with Crippen molar-refractivity contribution in [1.29, 1.82) is 0 Å². The molecule has 0 aliphatic heterocycles. The Morgan fingerprint density at radius 2 is 1.79 bits per heavy atom. The summed E-state index contributed by atoms with van der Waals surface area (Å²) in [4.78, 5) is 0. The number of nitrogens with one attached hydrogen (secondary N) is 1. The maximum atomic E-state index is 4.35. The molecule has 1 aromatic heterocycles. The lowest BCUT2D eigenvalue weighted by Gasteiger charge is -2.17. The molecule has 3 nitrogen and oxygen atoms in total. The molecule has 1 N–H and O–H groups in total. The van der Waals surface area contributed by atoms with E-state index in [0.29, 0.717) is 12.0 Å². The summed E-state index contributed by atoms with van der Waals surface area (Å²) in [7, 11) is 2.00. The molecule has 0 saturated carbocycles. The van der Waals surface area contributed by atoms with E-state index in [-0.39, 0.29) is 0 Å². The molecule has 0 radical (unpaired) electrons. The van der Waals surface area contributed by atoms with Crippen molar-refractivity contribution in [2.75, 3.05) is 7.05 Å². The Balaban J connectivity index is 2.12. The van der Waals surface area contributed by atoms with Gasteiger partial charge in [-0.15, -0.1) is 0 Å². The van der Waals surface area contributed by atoms with Crippen LogP contribution in [0.15, 0.2) is 36.7 Å². The van der Waals surface area contributed by atoms with Crippen molar-refractivity contribution in [3.8, 4) is 0 Å².